The lowest BCUT2D eigenvalue weighted by molar-refractivity contribution is 0.0940. The molecule has 0 unspecified atom stereocenters. The zero-order valence-electron chi connectivity index (χ0n) is 17.7. The maximum Gasteiger partial charge on any atom is 0.254 e. The van der Waals surface area contributed by atoms with E-state index in [1.807, 2.05) is 26.0 Å². The molecule has 8 heteroatoms. The van der Waals surface area contributed by atoms with Crippen LogP contribution in [0.15, 0.2) is 41.3 Å². The average Bonchev–Trinajstić information content (AvgIpc) is 3.52. The number of aromatic nitrogens is 4. The maximum absolute atomic E-state index is 13.0. The third-order valence-corrected chi connectivity index (χ3v) is 5.61. The van der Waals surface area contributed by atoms with Gasteiger partial charge >= 0.3 is 0 Å². The second-order valence-electron chi connectivity index (χ2n) is 7.86. The molecule has 0 aliphatic carbocycles. The predicted molar refractivity (Wildman–Crippen MR) is 114 cm³/mol. The fourth-order valence-corrected chi connectivity index (χ4v) is 4.11. The van der Waals surface area contributed by atoms with Gasteiger partial charge < -0.3 is 9.73 Å². The minimum absolute atomic E-state index is 0.0720. The minimum atomic E-state index is -0.102. The summed E-state index contributed by atoms with van der Waals surface area (Å²) in [6, 6.07) is 5.86. The molecule has 4 rings (SSSR count). The van der Waals surface area contributed by atoms with E-state index in [2.05, 4.69) is 32.2 Å². The Balaban J connectivity index is 1.58. The molecule has 0 bridgehead atoms. The van der Waals surface area contributed by atoms with Gasteiger partial charge in [-0.05, 0) is 50.0 Å². The molecule has 30 heavy (non-hydrogen) atoms. The van der Waals surface area contributed by atoms with Crippen molar-refractivity contribution >= 4 is 5.91 Å². The van der Waals surface area contributed by atoms with E-state index in [1.165, 1.54) is 6.42 Å². The Bertz CT molecular complexity index is 995. The van der Waals surface area contributed by atoms with Crippen molar-refractivity contribution in [2.75, 3.05) is 19.6 Å². The molecule has 0 saturated carbocycles. The summed E-state index contributed by atoms with van der Waals surface area (Å²) < 4.78 is 7.09. The number of furan rings is 1. The van der Waals surface area contributed by atoms with Crippen molar-refractivity contribution in [3.05, 3.63) is 48.1 Å². The first-order valence-electron chi connectivity index (χ1n) is 10.6. The SMILES string of the molecule is CCN1CCC[C@@H]1CNC(=O)c1cnn(-c2nccc(-c3ccco3)n2)c1C(C)C. The monoisotopic (exact) mass is 408 g/mol. The Morgan fingerprint density at radius 1 is 1.37 bits per heavy atom. The number of hydrogen-bond acceptors (Lipinski definition) is 6. The van der Waals surface area contributed by atoms with Crippen molar-refractivity contribution in [3.63, 3.8) is 0 Å². The van der Waals surface area contributed by atoms with E-state index >= 15 is 0 Å². The third-order valence-electron chi connectivity index (χ3n) is 5.61. The lowest BCUT2D eigenvalue weighted by Crippen LogP contribution is -2.40. The molecule has 0 radical (unpaired) electrons. The van der Waals surface area contributed by atoms with Crippen LogP contribution in [-0.4, -0.2) is 56.2 Å². The summed E-state index contributed by atoms with van der Waals surface area (Å²) >= 11 is 0. The van der Waals surface area contributed by atoms with Crippen molar-refractivity contribution in [2.45, 2.75) is 45.6 Å². The fourth-order valence-electron chi connectivity index (χ4n) is 4.11. The van der Waals surface area contributed by atoms with E-state index in [4.69, 9.17) is 4.42 Å². The van der Waals surface area contributed by atoms with Crippen LogP contribution in [0.25, 0.3) is 17.4 Å². The number of carbonyl (C=O) groups excluding carboxylic acids is 1. The van der Waals surface area contributed by atoms with Crippen molar-refractivity contribution in [1.82, 2.24) is 30.0 Å². The predicted octanol–water partition coefficient (Wildman–Crippen LogP) is 3.26. The minimum Gasteiger partial charge on any atom is -0.463 e. The summed E-state index contributed by atoms with van der Waals surface area (Å²) in [4.78, 5) is 24.4. The Kier molecular flexibility index (Phi) is 5.94. The number of nitrogens with one attached hydrogen (secondary N) is 1. The van der Waals surface area contributed by atoms with E-state index in [-0.39, 0.29) is 11.8 Å². The molecule has 1 N–H and O–H groups in total. The molecular weight excluding hydrogens is 380 g/mol. The number of nitrogens with zero attached hydrogens (tertiary/aromatic N) is 5. The first-order chi connectivity index (χ1) is 14.6. The van der Waals surface area contributed by atoms with Gasteiger partial charge in [-0.2, -0.15) is 5.10 Å². The first-order valence-corrected chi connectivity index (χ1v) is 10.6. The Labute approximate surface area is 176 Å². The van der Waals surface area contributed by atoms with Gasteiger partial charge in [-0.15, -0.1) is 0 Å². The third kappa shape index (κ3) is 4.00. The van der Waals surface area contributed by atoms with Crippen molar-refractivity contribution in [3.8, 4) is 17.4 Å². The van der Waals surface area contributed by atoms with Gasteiger partial charge in [-0.3, -0.25) is 9.69 Å². The van der Waals surface area contributed by atoms with Gasteiger partial charge in [0.1, 0.15) is 5.69 Å². The number of hydrogen-bond donors (Lipinski definition) is 1. The normalized spacial score (nSPS) is 17.0. The highest BCUT2D eigenvalue weighted by Gasteiger charge is 2.26. The number of rotatable bonds is 7. The highest BCUT2D eigenvalue weighted by atomic mass is 16.3. The van der Waals surface area contributed by atoms with Crippen LogP contribution in [0.4, 0.5) is 0 Å². The molecule has 3 aromatic rings. The maximum atomic E-state index is 13.0. The number of carbonyl (C=O) groups is 1. The van der Waals surface area contributed by atoms with Gasteiger partial charge in [0.2, 0.25) is 0 Å². The van der Waals surface area contributed by atoms with Gasteiger partial charge in [-0.25, -0.2) is 14.6 Å². The average molecular weight is 409 g/mol. The van der Waals surface area contributed by atoms with E-state index in [0.717, 1.165) is 25.2 Å². The molecule has 158 valence electrons. The van der Waals surface area contributed by atoms with Crippen LogP contribution in [0.1, 0.15) is 55.6 Å². The molecule has 4 heterocycles. The van der Waals surface area contributed by atoms with Crippen LogP contribution in [-0.2, 0) is 0 Å². The summed E-state index contributed by atoms with van der Waals surface area (Å²) in [5.41, 5.74) is 2.03. The number of likely N-dealkylation sites (tertiary alicyclic amines) is 1. The lowest BCUT2D eigenvalue weighted by Gasteiger charge is -2.23. The molecule has 3 aromatic heterocycles. The Morgan fingerprint density at radius 3 is 2.97 bits per heavy atom. The van der Waals surface area contributed by atoms with Gasteiger partial charge in [0.25, 0.3) is 11.9 Å². The van der Waals surface area contributed by atoms with E-state index < -0.39 is 0 Å². The summed E-state index contributed by atoms with van der Waals surface area (Å²) in [6.07, 6.45) is 7.20. The van der Waals surface area contributed by atoms with Gasteiger partial charge in [-0.1, -0.05) is 20.8 Å². The molecular formula is C22H28N6O2. The van der Waals surface area contributed by atoms with Crippen LogP contribution < -0.4 is 5.32 Å². The van der Waals surface area contributed by atoms with Crippen LogP contribution in [0.5, 0.6) is 0 Å². The molecule has 1 fully saturated rings. The topological polar surface area (TPSA) is 89.1 Å². The van der Waals surface area contributed by atoms with Crippen molar-refractivity contribution < 1.29 is 9.21 Å². The van der Waals surface area contributed by atoms with Crippen LogP contribution >= 0.6 is 0 Å². The Hall–Kier alpha value is -3.00. The molecule has 0 aromatic carbocycles. The highest BCUT2D eigenvalue weighted by molar-refractivity contribution is 5.95. The van der Waals surface area contributed by atoms with E-state index in [9.17, 15) is 4.79 Å². The van der Waals surface area contributed by atoms with E-state index in [0.29, 0.717) is 35.6 Å². The van der Waals surface area contributed by atoms with Gasteiger partial charge in [0.05, 0.1) is 23.7 Å². The van der Waals surface area contributed by atoms with Crippen LogP contribution in [0.2, 0.25) is 0 Å². The largest absolute Gasteiger partial charge is 0.463 e. The second-order valence-corrected chi connectivity index (χ2v) is 7.86. The molecule has 1 atom stereocenters. The lowest BCUT2D eigenvalue weighted by atomic mass is 10.1. The molecule has 0 spiro atoms. The summed E-state index contributed by atoms with van der Waals surface area (Å²) in [5, 5.41) is 7.56. The number of likely N-dealkylation sites (N-methyl/N-ethyl adjacent to an activating group) is 1. The second kappa shape index (κ2) is 8.79. The van der Waals surface area contributed by atoms with Crippen LogP contribution in [0.3, 0.4) is 0 Å². The van der Waals surface area contributed by atoms with E-state index in [1.54, 1.807) is 29.4 Å². The summed E-state index contributed by atoms with van der Waals surface area (Å²) in [5.74, 6) is 1.05. The highest BCUT2D eigenvalue weighted by Crippen LogP contribution is 2.24. The number of amides is 1. The standard InChI is InChI=1S/C22H28N6O2/c1-4-27-11-5-7-16(27)13-24-21(29)17-14-25-28(20(17)15(2)3)22-23-10-9-18(26-22)19-8-6-12-30-19/h6,8-10,12,14-16H,4-5,7,11,13H2,1-3H3,(H,24,29)/t16-/m1/s1. The first kappa shape index (κ1) is 20.3. The molecule has 1 aliphatic rings. The smallest absolute Gasteiger partial charge is 0.254 e. The summed E-state index contributed by atoms with van der Waals surface area (Å²) in [6.45, 7) is 9.01. The fraction of sp³-hybridized carbons (Fsp3) is 0.455. The molecule has 1 saturated heterocycles. The molecule has 1 aliphatic heterocycles. The molecule has 1 amide bonds. The van der Waals surface area contributed by atoms with Gasteiger partial charge in [0, 0.05) is 18.8 Å². The summed E-state index contributed by atoms with van der Waals surface area (Å²) in [7, 11) is 0. The van der Waals surface area contributed by atoms with Gasteiger partial charge in [0.15, 0.2) is 5.76 Å². The zero-order valence-corrected chi connectivity index (χ0v) is 17.7. The van der Waals surface area contributed by atoms with Crippen molar-refractivity contribution in [2.24, 2.45) is 0 Å². The quantitative estimate of drug-likeness (QED) is 0.645. The molecule has 8 nitrogen and oxygen atoms in total. The Morgan fingerprint density at radius 2 is 2.23 bits per heavy atom. The zero-order chi connectivity index (χ0) is 21.1. The van der Waals surface area contributed by atoms with Crippen LogP contribution in [0, 0.1) is 0 Å². The van der Waals surface area contributed by atoms with Crippen molar-refractivity contribution in [1.29, 1.82) is 0 Å².